The summed E-state index contributed by atoms with van der Waals surface area (Å²) in [5.74, 6) is -1.02. The Kier molecular flexibility index (Phi) is 8.49. The second-order valence-electron chi connectivity index (χ2n) is 7.10. The summed E-state index contributed by atoms with van der Waals surface area (Å²) in [5.41, 5.74) is 5.76. The zero-order chi connectivity index (χ0) is 24.0. The number of aryl methyl sites for hydroxylation is 1. The Hall–Kier alpha value is -2.87. The van der Waals surface area contributed by atoms with Crippen LogP contribution in [-0.2, 0) is 16.2 Å². The molecule has 0 unspecified atom stereocenters. The molecule has 0 aliphatic carbocycles. The fourth-order valence-electron chi connectivity index (χ4n) is 2.79. The number of rotatable bonds is 6. The zero-order valence-electron chi connectivity index (χ0n) is 17.8. The fraction of sp³-hybridized carbons (Fsp3) is 0.125. The van der Waals surface area contributed by atoms with Crippen molar-refractivity contribution in [2.75, 3.05) is 5.32 Å². The van der Waals surface area contributed by atoms with Crippen molar-refractivity contribution in [3.8, 4) is 5.75 Å². The molecular formula is C24H20BrCl2N3O3. The number of hydrogen-bond acceptors (Lipinski definition) is 4. The summed E-state index contributed by atoms with van der Waals surface area (Å²) in [6.07, 6.45) is 0. The maximum Gasteiger partial charge on any atom is 0.329 e. The van der Waals surface area contributed by atoms with Crippen molar-refractivity contribution in [2.24, 2.45) is 5.10 Å². The van der Waals surface area contributed by atoms with Gasteiger partial charge in [0.05, 0.1) is 5.71 Å². The van der Waals surface area contributed by atoms with E-state index in [-0.39, 0.29) is 0 Å². The lowest BCUT2D eigenvalue weighted by molar-refractivity contribution is -0.136. The standard InChI is InChI=1S/C24H20BrCl2N3O3/c1-14-11-18(25)6-10-22(14)28-23(31)24(32)30-29-15(2)16-4-8-20(9-5-16)33-13-17-3-7-19(26)12-21(17)27/h3-12H,13H2,1-2H3,(H,28,31)(H,30,32)/b29-15+. The van der Waals surface area contributed by atoms with Crippen LogP contribution in [0.25, 0.3) is 0 Å². The first kappa shape index (κ1) is 24.8. The van der Waals surface area contributed by atoms with Crippen LogP contribution in [0.5, 0.6) is 5.75 Å². The number of hydrogen-bond donors (Lipinski definition) is 2. The van der Waals surface area contributed by atoms with Gasteiger partial charge in [-0.1, -0.05) is 45.2 Å². The van der Waals surface area contributed by atoms with Crippen LogP contribution >= 0.6 is 39.1 Å². The monoisotopic (exact) mass is 547 g/mol. The van der Waals surface area contributed by atoms with E-state index in [1.807, 2.05) is 19.1 Å². The third kappa shape index (κ3) is 7.05. The van der Waals surface area contributed by atoms with Gasteiger partial charge in [-0.05, 0) is 79.6 Å². The van der Waals surface area contributed by atoms with Crippen molar-refractivity contribution in [2.45, 2.75) is 20.5 Å². The maximum atomic E-state index is 12.1. The van der Waals surface area contributed by atoms with Crippen molar-refractivity contribution < 1.29 is 14.3 Å². The highest BCUT2D eigenvalue weighted by Crippen LogP contribution is 2.23. The minimum atomic E-state index is -0.864. The molecule has 6 nitrogen and oxygen atoms in total. The quantitative estimate of drug-likeness (QED) is 0.221. The molecule has 0 radical (unpaired) electrons. The third-order valence-electron chi connectivity index (χ3n) is 4.65. The second-order valence-corrected chi connectivity index (χ2v) is 8.86. The van der Waals surface area contributed by atoms with E-state index in [0.29, 0.717) is 33.8 Å². The van der Waals surface area contributed by atoms with Crippen LogP contribution in [0, 0.1) is 6.92 Å². The van der Waals surface area contributed by atoms with Gasteiger partial charge in [0.1, 0.15) is 12.4 Å². The summed E-state index contributed by atoms with van der Waals surface area (Å²) in [4.78, 5) is 24.2. The van der Waals surface area contributed by atoms with E-state index >= 15 is 0 Å². The van der Waals surface area contributed by atoms with Gasteiger partial charge in [0.15, 0.2) is 0 Å². The molecule has 2 N–H and O–H groups in total. The van der Waals surface area contributed by atoms with Crippen LogP contribution < -0.4 is 15.5 Å². The highest BCUT2D eigenvalue weighted by atomic mass is 79.9. The van der Waals surface area contributed by atoms with Gasteiger partial charge in [-0.2, -0.15) is 5.10 Å². The first-order chi connectivity index (χ1) is 15.7. The molecule has 0 saturated carbocycles. The van der Waals surface area contributed by atoms with Crippen molar-refractivity contribution in [3.05, 3.63) is 91.9 Å². The molecule has 0 bridgehead atoms. The molecule has 2 amide bonds. The summed E-state index contributed by atoms with van der Waals surface area (Å²) < 4.78 is 6.64. The van der Waals surface area contributed by atoms with Gasteiger partial charge >= 0.3 is 11.8 Å². The number of carbonyl (C=O) groups excluding carboxylic acids is 2. The Morgan fingerprint density at radius 3 is 2.39 bits per heavy atom. The molecule has 33 heavy (non-hydrogen) atoms. The predicted octanol–water partition coefficient (Wildman–Crippen LogP) is 6.12. The third-order valence-corrected chi connectivity index (χ3v) is 5.73. The summed E-state index contributed by atoms with van der Waals surface area (Å²) in [7, 11) is 0. The van der Waals surface area contributed by atoms with E-state index in [9.17, 15) is 9.59 Å². The smallest absolute Gasteiger partial charge is 0.329 e. The summed E-state index contributed by atoms with van der Waals surface area (Å²) >= 11 is 15.4. The number of nitrogens with zero attached hydrogens (tertiary/aromatic N) is 1. The lowest BCUT2D eigenvalue weighted by Gasteiger charge is -2.09. The Morgan fingerprint density at radius 2 is 1.73 bits per heavy atom. The van der Waals surface area contributed by atoms with Gasteiger partial charge in [-0.15, -0.1) is 0 Å². The molecule has 0 saturated heterocycles. The van der Waals surface area contributed by atoms with E-state index in [1.54, 1.807) is 55.5 Å². The lowest BCUT2D eigenvalue weighted by atomic mass is 10.1. The average Bonchev–Trinajstić information content (AvgIpc) is 2.78. The van der Waals surface area contributed by atoms with Gasteiger partial charge < -0.3 is 10.1 Å². The highest BCUT2D eigenvalue weighted by Gasteiger charge is 2.14. The van der Waals surface area contributed by atoms with E-state index in [1.165, 1.54) is 0 Å². The largest absolute Gasteiger partial charge is 0.489 e. The Balaban J connectivity index is 1.55. The Labute approximate surface area is 210 Å². The maximum absolute atomic E-state index is 12.1. The number of hydrazone groups is 1. The van der Waals surface area contributed by atoms with Crippen LogP contribution in [0.1, 0.15) is 23.6 Å². The Morgan fingerprint density at radius 1 is 1.00 bits per heavy atom. The number of nitrogens with one attached hydrogen (secondary N) is 2. The van der Waals surface area contributed by atoms with E-state index in [2.05, 4.69) is 31.8 Å². The molecule has 0 aromatic heterocycles. The first-order valence-corrected chi connectivity index (χ1v) is 11.4. The number of anilines is 1. The first-order valence-electron chi connectivity index (χ1n) is 9.82. The molecule has 0 heterocycles. The van der Waals surface area contributed by atoms with Crippen LogP contribution in [-0.4, -0.2) is 17.5 Å². The molecule has 3 rings (SSSR count). The molecule has 3 aromatic carbocycles. The average molecular weight is 549 g/mol. The van der Waals surface area contributed by atoms with Crippen LogP contribution in [0.15, 0.2) is 70.2 Å². The van der Waals surface area contributed by atoms with Crippen molar-refractivity contribution >= 4 is 62.3 Å². The summed E-state index contributed by atoms with van der Waals surface area (Å²) in [6, 6.07) is 17.7. The van der Waals surface area contributed by atoms with Crippen molar-refractivity contribution in [1.82, 2.24) is 5.43 Å². The Bertz CT molecular complexity index is 1210. The normalized spacial score (nSPS) is 11.1. The van der Waals surface area contributed by atoms with Gasteiger partial charge in [0, 0.05) is 25.8 Å². The van der Waals surface area contributed by atoms with Gasteiger partial charge in [0.25, 0.3) is 0 Å². The number of carbonyl (C=O) groups is 2. The molecule has 0 aliphatic heterocycles. The molecule has 0 aliphatic rings. The minimum absolute atomic E-state index is 0.297. The fourth-order valence-corrected chi connectivity index (χ4v) is 3.73. The molecular weight excluding hydrogens is 529 g/mol. The number of amides is 2. The lowest BCUT2D eigenvalue weighted by Crippen LogP contribution is -2.33. The molecule has 170 valence electrons. The number of ether oxygens (including phenoxy) is 1. The zero-order valence-corrected chi connectivity index (χ0v) is 20.9. The molecule has 0 atom stereocenters. The molecule has 3 aromatic rings. The number of halogens is 3. The summed E-state index contributed by atoms with van der Waals surface area (Å²) in [6.45, 7) is 3.85. The van der Waals surface area contributed by atoms with Crippen molar-refractivity contribution in [1.29, 1.82) is 0 Å². The second kappa shape index (κ2) is 11.3. The highest BCUT2D eigenvalue weighted by molar-refractivity contribution is 9.10. The topological polar surface area (TPSA) is 79.8 Å². The molecule has 0 spiro atoms. The van der Waals surface area contributed by atoms with Gasteiger partial charge in [0.2, 0.25) is 0 Å². The van der Waals surface area contributed by atoms with Crippen LogP contribution in [0.3, 0.4) is 0 Å². The van der Waals surface area contributed by atoms with Crippen LogP contribution in [0.2, 0.25) is 10.0 Å². The van der Waals surface area contributed by atoms with E-state index in [4.69, 9.17) is 27.9 Å². The SMILES string of the molecule is C/C(=N\NC(=O)C(=O)Nc1ccc(Br)cc1C)c1ccc(OCc2ccc(Cl)cc2Cl)cc1. The molecule has 9 heteroatoms. The summed E-state index contributed by atoms with van der Waals surface area (Å²) in [5, 5.41) is 7.69. The van der Waals surface area contributed by atoms with Gasteiger partial charge in [-0.25, -0.2) is 5.43 Å². The minimum Gasteiger partial charge on any atom is -0.489 e. The van der Waals surface area contributed by atoms with Crippen LogP contribution in [0.4, 0.5) is 5.69 Å². The van der Waals surface area contributed by atoms with E-state index in [0.717, 1.165) is 21.2 Å². The number of benzene rings is 3. The van der Waals surface area contributed by atoms with Crippen molar-refractivity contribution in [3.63, 3.8) is 0 Å². The van der Waals surface area contributed by atoms with Gasteiger partial charge in [-0.3, -0.25) is 9.59 Å². The predicted molar refractivity (Wildman–Crippen MR) is 135 cm³/mol. The van der Waals surface area contributed by atoms with E-state index < -0.39 is 11.8 Å². The molecule has 0 fully saturated rings.